The maximum atomic E-state index is 13.7. The highest BCUT2D eigenvalue weighted by Crippen LogP contribution is 2.24. The third-order valence-electron chi connectivity index (χ3n) is 3.20. The van der Waals surface area contributed by atoms with Gasteiger partial charge in [-0.3, -0.25) is 0 Å². The standard InChI is InChI=1S/C17H14FNO3S/c1-12-3-6-14(7-4-12)23(20,21)15(11-19)9-13-5-8-17(22-2)16(18)10-13/h3-10H,1-2H3/b15-9-. The molecular weight excluding hydrogens is 317 g/mol. The van der Waals surface area contributed by atoms with E-state index in [0.29, 0.717) is 0 Å². The summed E-state index contributed by atoms with van der Waals surface area (Å²) in [5.74, 6) is -0.590. The summed E-state index contributed by atoms with van der Waals surface area (Å²) in [7, 11) is -2.62. The third-order valence-corrected chi connectivity index (χ3v) is 4.89. The van der Waals surface area contributed by atoms with Gasteiger partial charge >= 0.3 is 0 Å². The SMILES string of the molecule is COc1ccc(/C=C(/C#N)S(=O)(=O)c2ccc(C)cc2)cc1F. The molecule has 0 aliphatic carbocycles. The first-order chi connectivity index (χ1) is 10.9. The number of methoxy groups -OCH3 is 1. The van der Waals surface area contributed by atoms with Gasteiger partial charge in [-0.05, 0) is 42.8 Å². The highest BCUT2D eigenvalue weighted by Gasteiger charge is 2.20. The fraction of sp³-hybridized carbons (Fsp3) is 0.118. The Morgan fingerprint density at radius 2 is 1.87 bits per heavy atom. The van der Waals surface area contributed by atoms with Crippen LogP contribution in [0.1, 0.15) is 11.1 Å². The van der Waals surface area contributed by atoms with Gasteiger partial charge < -0.3 is 4.74 Å². The van der Waals surface area contributed by atoms with Gasteiger partial charge in [0.1, 0.15) is 11.0 Å². The van der Waals surface area contributed by atoms with E-state index in [1.54, 1.807) is 18.2 Å². The Morgan fingerprint density at radius 3 is 2.39 bits per heavy atom. The van der Waals surface area contributed by atoms with Crippen molar-refractivity contribution in [2.24, 2.45) is 0 Å². The number of hydrogen-bond donors (Lipinski definition) is 0. The Morgan fingerprint density at radius 1 is 1.22 bits per heavy atom. The van der Waals surface area contributed by atoms with Gasteiger partial charge in [-0.25, -0.2) is 12.8 Å². The zero-order chi connectivity index (χ0) is 17.0. The molecule has 0 unspecified atom stereocenters. The number of allylic oxidation sites excluding steroid dienone is 1. The van der Waals surface area contributed by atoms with Gasteiger partial charge in [0.15, 0.2) is 11.6 Å². The highest BCUT2D eigenvalue weighted by atomic mass is 32.2. The smallest absolute Gasteiger partial charge is 0.216 e. The second-order valence-corrected chi connectivity index (χ2v) is 6.75. The molecular formula is C17H14FNO3S. The maximum Gasteiger partial charge on any atom is 0.216 e. The monoisotopic (exact) mass is 331 g/mol. The van der Waals surface area contributed by atoms with Crippen LogP contribution in [0.25, 0.3) is 6.08 Å². The molecule has 0 radical (unpaired) electrons. The molecule has 0 N–H and O–H groups in total. The molecule has 4 nitrogen and oxygen atoms in total. The number of hydrogen-bond acceptors (Lipinski definition) is 4. The summed E-state index contributed by atoms with van der Waals surface area (Å²) < 4.78 is 43.4. The van der Waals surface area contributed by atoms with E-state index in [4.69, 9.17) is 4.74 Å². The zero-order valence-corrected chi connectivity index (χ0v) is 13.4. The molecule has 0 aromatic heterocycles. The van der Waals surface area contributed by atoms with Gasteiger partial charge in [-0.15, -0.1) is 0 Å². The second-order valence-electron chi connectivity index (χ2n) is 4.83. The van der Waals surface area contributed by atoms with Crippen molar-refractivity contribution < 1.29 is 17.5 Å². The van der Waals surface area contributed by atoms with E-state index >= 15 is 0 Å². The van der Waals surface area contributed by atoms with Gasteiger partial charge in [0.2, 0.25) is 9.84 Å². The summed E-state index contributed by atoms with van der Waals surface area (Å²) in [5.41, 5.74) is 1.17. The van der Waals surface area contributed by atoms with Crippen LogP contribution in [-0.2, 0) is 9.84 Å². The lowest BCUT2D eigenvalue weighted by molar-refractivity contribution is 0.386. The van der Waals surface area contributed by atoms with Gasteiger partial charge in [-0.1, -0.05) is 23.8 Å². The van der Waals surface area contributed by atoms with Crippen LogP contribution in [0.3, 0.4) is 0 Å². The minimum atomic E-state index is -3.95. The molecule has 2 aromatic rings. The van der Waals surface area contributed by atoms with Crippen molar-refractivity contribution >= 4 is 15.9 Å². The van der Waals surface area contributed by atoms with Crippen LogP contribution in [-0.4, -0.2) is 15.5 Å². The number of aryl methyl sites for hydroxylation is 1. The van der Waals surface area contributed by atoms with Gasteiger partial charge in [0, 0.05) is 0 Å². The Balaban J connectivity index is 2.48. The van der Waals surface area contributed by atoms with E-state index in [1.165, 1.54) is 31.4 Å². The summed E-state index contributed by atoms with van der Waals surface area (Å²) in [6.07, 6.45) is 1.14. The fourth-order valence-corrected chi connectivity index (χ4v) is 3.10. The van der Waals surface area contributed by atoms with E-state index in [1.807, 2.05) is 6.92 Å². The molecule has 0 saturated carbocycles. The summed E-state index contributed by atoms with van der Waals surface area (Å²) in [6, 6.07) is 11.8. The second kappa shape index (κ2) is 6.63. The lowest BCUT2D eigenvalue weighted by atomic mass is 10.2. The predicted octanol–water partition coefficient (Wildman–Crippen LogP) is 3.48. The molecule has 23 heavy (non-hydrogen) atoms. The van der Waals surface area contributed by atoms with Crippen LogP contribution in [0.2, 0.25) is 0 Å². The fourth-order valence-electron chi connectivity index (χ4n) is 1.94. The van der Waals surface area contributed by atoms with Crippen molar-refractivity contribution in [3.05, 3.63) is 64.3 Å². The van der Waals surface area contributed by atoms with Crippen molar-refractivity contribution in [3.63, 3.8) is 0 Å². The van der Waals surface area contributed by atoms with Crippen LogP contribution in [0.5, 0.6) is 5.75 Å². The molecule has 2 aromatic carbocycles. The van der Waals surface area contributed by atoms with Crippen molar-refractivity contribution in [1.82, 2.24) is 0 Å². The number of benzene rings is 2. The molecule has 0 fully saturated rings. The van der Waals surface area contributed by atoms with Crippen molar-refractivity contribution in [2.75, 3.05) is 7.11 Å². The number of halogens is 1. The van der Waals surface area contributed by atoms with Crippen molar-refractivity contribution in [1.29, 1.82) is 5.26 Å². The average Bonchev–Trinajstić information content (AvgIpc) is 2.53. The molecule has 0 aliphatic heterocycles. The maximum absolute atomic E-state index is 13.7. The summed E-state index contributed by atoms with van der Waals surface area (Å²) in [5, 5.41) is 9.19. The van der Waals surface area contributed by atoms with Crippen LogP contribution in [0.4, 0.5) is 4.39 Å². The van der Waals surface area contributed by atoms with Crippen molar-refractivity contribution in [3.8, 4) is 11.8 Å². The first-order valence-electron chi connectivity index (χ1n) is 6.65. The van der Waals surface area contributed by atoms with Crippen LogP contribution in [0.15, 0.2) is 52.3 Å². The van der Waals surface area contributed by atoms with E-state index in [9.17, 15) is 18.1 Å². The van der Waals surface area contributed by atoms with E-state index < -0.39 is 20.6 Å². The Bertz CT molecular complexity index is 894. The number of nitriles is 1. The minimum Gasteiger partial charge on any atom is -0.494 e. The average molecular weight is 331 g/mol. The largest absolute Gasteiger partial charge is 0.494 e. The van der Waals surface area contributed by atoms with Crippen molar-refractivity contribution in [2.45, 2.75) is 11.8 Å². The molecule has 0 atom stereocenters. The quantitative estimate of drug-likeness (QED) is 0.805. The highest BCUT2D eigenvalue weighted by molar-refractivity contribution is 7.95. The normalized spacial score (nSPS) is 11.8. The van der Waals surface area contributed by atoms with Gasteiger partial charge in [0.25, 0.3) is 0 Å². The topological polar surface area (TPSA) is 67.2 Å². The number of nitrogens with zero attached hydrogens (tertiary/aromatic N) is 1. The molecule has 0 aliphatic rings. The zero-order valence-electron chi connectivity index (χ0n) is 12.6. The van der Waals surface area contributed by atoms with Gasteiger partial charge in [-0.2, -0.15) is 5.26 Å². The first kappa shape index (κ1) is 16.7. The van der Waals surface area contributed by atoms with Gasteiger partial charge in [0.05, 0.1) is 12.0 Å². The predicted molar refractivity (Wildman–Crippen MR) is 84.9 cm³/mol. The lowest BCUT2D eigenvalue weighted by Gasteiger charge is -2.05. The summed E-state index contributed by atoms with van der Waals surface area (Å²) in [4.78, 5) is -0.434. The summed E-state index contributed by atoms with van der Waals surface area (Å²) >= 11 is 0. The molecule has 2 rings (SSSR count). The molecule has 6 heteroatoms. The van der Waals surface area contributed by atoms with E-state index in [-0.39, 0.29) is 16.2 Å². The lowest BCUT2D eigenvalue weighted by Crippen LogP contribution is -2.03. The number of ether oxygens (including phenoxy) is 1. The molecule has 0 bridgehead atoms. The van der Waals surface area contributed by atoms with E-state index in [2.05, 4.69) is 0 Å². The Labute approximate surface area is 134 Å². The van der Waals surface area contributed by atoms with Crippen LogP contribution in [0, 0.1) is 24.1 Å². The molecule has 0 saturated heterocycles. The van der Waals surface area contributed by atoms with E-state index in [0.717, 1.165) is 17.7 Å². The number of sulfone groups is 1. The Kier molecular flexibility index (Phi) is 4.82. The first-order valence-corrected chi connectivity index (χ1v) is 8.14. The van der Waals surface area contributed by atoms with Crippen LogP contribution < -0.4 is 4.74 Å². The number of rotatable bonds is 4. The third kappa shape index (κ3) is 3.58. The molecule has 0 spiro atoms. The minimum absolute atomic E-state index is 0.0184. The Hall–Kier alpha value is -2.65. The summed E-state index contributed by atoms with van der Waals surface area (Å²) in [6.45, 7) is 1.83. The molecule has 118 valence electrons. The molecule has 0 amide bonds. The van der Waals surface area contributed by atoms with Crippen LogP contribution >= 0.6 is 0 Å². The molecule has 0 heterocycles.